The van der Waals surface area contributed by atoms with E-state index in [1.54, 1.807) is 12.1 Å². The van der Waals surface area contributed by atoms with Gasteiger partial charge < -0.3 is 24.6 Å². The maximum atomic E-state index is 13.4. The first-order chi connectivity index (χ1) is 19.7. The number of carbonyl (C=O) groups excluding carboxylic acids is 3. The Morgan fingerprint density at radius 3 is 1.88 bits per heavy atom. The van der Waals surface area contributed by atoms with Gasteiger partial charge in [-0.3, -0.25) is 0 Å². The zero-order chi connectivity index (χ0) is 30.8. The van der Waals surface area contributed by atoms with Crippen molar-refractivity contribution in [2.24, 2.45) is 5.92 Å². The van der Waals surface area contributed by atoms with Gasteiger partial charge in [0, 0.05) is 26.3 Å². The van der Waals surface area contributed by atoms with E-state index in [1.165, 1.54) is 24.3 Å². The molecule has 2 N–H and O–H groups in total. The van der Waals surface area contributed by atoms with Crippen LogP contribution in [0.5, 0.6) is 17.2 Å². The molecular formula is C29H24I5NO7. The number of rotatable bonds is 7. The van der Waals surface area contributed by atoms with Crippen molar-refractivity contribution >= 4 is 131 Å². The van der Waals surface area contributed by atoms with Crippen molar-refractivity contribution in [3.05, 3.63) is 77.0 Å². The molecule has 1 aliphatic rings. The lowest BCUT2D eigenvalue weighted by atomic mass is 9.83. The molecule has 0 aliphatic carbocycles. The Kier molecular flexibility index (Phi) is 12.0. The van der Waals surface area contributed by atoms with Gasteiger partial charge in [-0.15, -0.1) is 0 Å². The molecule has 0 aromatic heterocycles. The van der Waals surface area contributed by atoms with E-state index in [0.717, 1.165) is 40.2 Å². The predicted octanol–water partition coefficient (Wildman–Crippen LogP) is 7.79. The van der Waals surface area contributed by atoms with Crippen molar-refractivity contribution in [2.45, 2.75) is 32.3 Å². The molecule has 4 rings (SSSR count). The van der Waals surface area contributed by atoms with E-state index in [0.29, 0.717) is 9.13 Å². The lowest BCUT2D eigenvalue weighted by molar-refractivity contribution is -0.0369. The maximum absolute atomic E-state index is 13.4. The zero-order valence-electron chi connectivity index (χ0n) is 22.2. The summed E-state index contributed by atoms with van der Waals surface area (Å²) in [7, 11) is 0. The smallest absolute Gasteiger partial charge is 0.347 e. The number of ether oxygens (including phenoxy) is 3. The maximum Gasteiger partial charge on any atom is 0.347 e. The van der Waals surface area contributed by atoms with Gasteiger partial charge >= 0.3 is 17.9 Å². The Hall–Kier alpha value is -0.520. The molecular weight excluding hydrogens is 1110 g/mol. The molecule has 1 heterocycles. The van der Waals surface area contributed by atoms with Gasteiger partial charge in [0.2, 0.25) is 0 Å². The molecule has 1 aliphatic heterocycles. The lowest BCUT2D eigenvalue weighted by Gasteiger charge is -2.36. The Morgan fingerprint density at radius 2 is 1.29 bits per heavy atom. The number of esters is 3. The fourth-order valence-corrected chi connectivity index (χ4v) is 8.68. The van der Waals surface area contributed by atoms with Gasteiger partial charge in [-0.05, 0) is 189 Å². The SMILES string of the molecule is CC(C)(OC(=O)c1cc(OC(=O)c2cc(I)cc(I)c2O)cc(OC(=O)c2cc(I)cc(I)c2I)c1)C1CCNCC1. The monoisotopic (exact) mass is 1130 g/mol. The van der Waals surface area contributed by atoms with Crippen molar-refractivity contribution in [3.63, 3.8) is 0 Å². The number of phenols is 1. The van der Waals surface area contributed by atoms with Crippen LogP contribution in [0.15, 0.2) is 42.5 Å². The minimum Gasteiger partial charge on any atom is -0.506 e. The number of hydrogen-bond donors (Lipinski definition) is 2. The Labute approximate surface area is 311 Å². The summed E-state index contributed by atoms with van der Waals surface area (Å²) in [5, 5.41) is 13.8. The molecule has 1 fully saturated rings. The number of aromatic hydroxyl groups is 1. The van der Waals surface area contributed by atoms with Crippen LogP contribution in [0.4, 0.5) is 0 Å². The van der Waals surface area contributed by atoms with Crippen LogP contribution in [-0.2, 0) is 4.74 Å². The number of nitrogens with one attached hydrogen (secondary N) is 1. The summed E-state index contributed by atoms with van der Waals surface area (Å²) >= 11 is 10.3. The Morgan fingerprint density at radius 1 is 0.762 bits per heavy atom. The minimum atomic E-state index is -0.830. The molecule has 42 heavy (non-hydrogen) atoms. The molecule has 3 aromatic rings. The van der Waals surface area contributed by atoms with E-state index < -0.39 is 23.5 Å². The highest BCUT2D eigenvalue weighted by molar-refractivity contribution is 14.1. The van der Waals surface area contributed by atoms with Gasteiger partial charge in [0.15, 0.2) is 0 Å². The number of carbonyl (C=O) groups is 3. The van der Waals surface area contributed by atoms with Crippen molar-refractivity contribution in [1.29, 1.82) is 0 Å². The number of halogens is 5. The normalized spacial score (nSPS) is 13.9. The highest BCUT2D eigenvalue weighted by atomic mass is 127. The summed E-state index contributed by atoms with van der Waals surface area (Å²) in [4.78, 5) is 39.8. The summed E-state index contributed by atoms with van der Waals surface area (Å²) in [6.45, 7) is 5.45. The first-order valence-corrected chi connectivity index (χ1v) is 18.0. The van der Waals surface area contributed by atoms with Crippen molar-refractivity contribution in [2.75, 3.05) is 13.1 Å². The van der Waals surface area contributed by atoms with E-state index in [9.17, 15) is 19.5 Å². The Balaban J connectivity index is 1.68. The molecule has 0 unspecified atom stereocenters. The molecule has 0 atom stereocenters. The topological polar surface area (TPSA) is 111 Å². The Bertz CT molecular complexity index is 1460. The molecule has 0 saturated carbocycles. The second-order valence-corrected chi connectivity index (χ2v) is 15.9. The molecule has 0 spiro atoms. The van der Waals surface area contributed by atoms with Crippen molar-refractivity contribution in [3.8, 4) is 17.2 Å². The molecule has 0 amide bonds. The molecule has 8 nitrogen and oxygen atoms in total. The molecule has 13 heteroatoms. The van der Waals surface area contributed by atoms with Crippen molar-refractivity contribution < 1.29 is 33.7 Å². The van der Waals surface area contributed by atoms with Gasteiger partial charge in [-0.2, -0.15) is 0 Å². The third-order valence-electron chi connectivity index (χ3n) is 6.68. The number of phenolic OH excluding ortho intramolecular Hbond substituents is 1. The van der Waals surface area contributed by atoms with Crippen LogP contribution in [-0.4, -0.2) is 41.7 Å². The van der Waals surface area contributed by atoms with Crippen LogP contribution in [0.3, 0.4) is 0 Å². The van der Waals surface area contributed by atoms with Gasteiger partial charge in [-0.1, -0.05) is 0 Å². The van der Waals surface area contributed by atoms with E-state index in [2.05, 4.69) is 73.1 Å². The van der Waals surface area contributed by atoms with E-state index in [-0.39, 0.29) is 34.3 Å². The van der Waals surface area contributed by atoms with Gasteiger partial charge in [0.05, 0.1) is 14.7 Å². The average molecular weight is 1130 g/mol. The number of benzene rings is 3. The minimum absolute atomic E-state index is 0.00281. The first kappa shape index (κ1) is 34.4. The quantitative estimate of drug-likeness (QED) is 0.107. The summed E-state index contributed by atoms with van der Waals surface area (Å²) in [6.07, 6.45) is 1.73. The zero-order valence-corrected chi connectivity index (χ0v) is 33.0. The number of piperidine rings is 1. The summed E-state index contributed by atoms with van der Waals surface area (Å²) in [5.74, 6) is -2.19. The van der Waals surface area contributed by atoms with Crippen LogP contribution in [0.2, 0.25) is 0 Å². The highest BCUT2D eigenvalue weighted by Gasteiger charge is 2.35. The summed E-state index contributed by atoms with van der Waals surface area (Å²) in [6, 6.07) is 11.0. The molecule has 3 aromatic carbocycles. The van der Waals surface area contributed by atoms with Gasteiger partial charge in [0.1, 0.15) is 28.4 Å². The van der Waals surface area contributed by atoms with E-state index in [1.807, 2.05) is 65.1 Å². The van der Waals surface area contributed by atoms with Crippen LogP contribution >= 0.6 is 113 Å². The standard InChI is InChI=1S/C29H24I5NO7/c1-29(2,15-3-5-35-6-4-15)42-26(37)14-7-18(40-27(38)20-9-16(30)11-22(32)24(20)34)13-19(8-14)41-28(39)21-10-17(31)12-23(33)25(21)36/h7-13,15,35-36H,3-6H2,1-2H3. The fraction of sp³-hybridized carbons (Fsp3) is 0.276. The van der Waals surface area contributed by atoms with Crippen LogP contribution in [0.1, 0.15) is 57.8 Å². The second-order valence-electron chi connectivity index (χ2n) is 10.0. The third kappa shape index (κ3) is 8.59. The predicted molar refractivity (Wildman–Crippen MR) is 200 cm³/mol. The molecule has 0 radical (unpaired) electrons. The van der Waals surface area contributed by atoms with Crippen LogP contribution in [0, 0.1) is 23.8 Å². The first-order valence-electron chi connectivity index (χ1n) is 12.6. The van der Waals surface area contributed by atoms with E-state index >= 15 is 0 Å². The van der Waals surface area contributed by atoms with Crippen molar-refractivity contribution in [1.82, 2.24) is 5.32 Å². The van der Waals surface area contributed by atoms with Gasteiger partial charge in [0.25, 0.3) is 0 Å². The lowest BCUT2D eigenvalue weighted by Crippen LogP contribution is -2.42. The highest BCUT2D eigenvalue weighted by Crippen LogP contribution is 2.33. The van der Waals surface area contributed by atoms with Crippen LogP contribution in [0.25, 0.3) is 0 Å². The molecule has 222 valence electrons. The summed E-state index contributed by atoms with van der Waals surface area (Å²) in [5.41, 5.74) is -0.366. The summed E-state index contributed by atoms with van der Waals surface area (Å²) < 4.78 is 21.0. The fourth-order valence-electron chi connectivity index (χ4n) is 4.46. The number of hydrogen-bond acceptors (Lipinski definition) is 8. The van der Waals surface area contributed by atoms with Gasteiger partial charge in [-0.25, -0.2) is 14.4 Å². The molecule has 1 saturated heterocycles. The van der Waals surface area contributed by atoms with Crippen LogP contribution < -0.4 is 14.8 Å². The van der Waals surface area contributed by atoms with E-state index in [4.69, 9.17) is 14.2 Å². The largest absolute Gasteiger partial charge is 0.506 e. The average Bonchev–Trinajstić information content (AvgIpc) is 2.92. The second kappa shape index (κ2) is 14.7. The molecule has 0 bridgehead atoms. The third-order valence-corrected chi connectivity index (χ3v) is 11.8.